The van der Waals surface area contributed by atoms with Crippen molar-refractivity contribution in [3.8, 4) is 11.1 Å². The summed E-state index contributed by atoms with van der Waals surface area (Å²) in [5.41, 5.74) is 1.69. The van der Waals surface area contributed by atoms with E-state index < -0.39 is 5.63 Å². The van der Waals surface area contributed by atoms with Gasteiger partial charge >= 0.3 is 5.63 Å². The monoisotopic (exact) mass is 376 g/mol. The molecule has 2 aromatic carbocycles. The summed E-state index contributed by atoms with van der Waals surface area (Å²) >= 11 is 5.78. The molecule has 0 fully saturated rings. The first-order valence-corrected chi connectivity index (χ1v) is 8.54. The Labute approximate surface area is 159 Å². The molecule has 0 atom stereocenters. The normalized spacial score (nSPS) is 10.7. The van der Waals surface area contributed by atoms with Crippen molar-refractivity contribution in [3.05, 3.63) is 93.9 Å². The van der Waals surface area contributed by atoms with E-state index in [2.05, 4.69) is 10.3 Å². The van der Waals surface area contributed by atoms with Crippen LogP contribution in [0, 0.1) is 0 Å². The summed E-state index contributed by atoms with van der Waals surface area (Å²) in [6.45, 7) is 0. The summed E-state index contributed by atoms with van der Waals surface area (Å²) in [7, 11) is 0. The highest BCUT2D eigenvalue weighted by molar-refractivity contribution is 6.30. The second-order valence-corrected chi connectivity index (χ2v) is 6.31. The molecule has 4 rings (SSSR count). The van der Waals surface area contributed by atoms with Crippen LogP contribution >= 0.6 is 11.6 Å². The highest BCUT2D eigenvalue weighted by Crippen LogP contribution is 2.21. The number of fused-ring (bicyclic) bond motifs is 1. The lowest BCUT2D eigenvalue weighted by atomic mass is 10.0. The predicted molar refractivity (Wildman–Crippen MR) is 105 cm³/mol. The first kappa shape index (κ1) is 17.0. The summed E-state index contributed by atoms with van der Waals surface area (Å²) < 4.78 is 5.36. The van der Waals surface area contributed by atoms with E-state index in [9.17, 15) is 9.59 Å². The average Bonchev–Trinajstić information content (AvgIpc) is 2.69. The van der Waals surface area contributed by atoms with E-state index in [0.29, 0.717) is 33.1 Å². The second kappa shape index (κ2) is 7.05. The second-order valence-electron chi connectivity index (χ2n) is 5.88. The molecule has 132 valence electrons. The third-order valence-electron chi connectivity index (χ3n) is 4.07. The Morgan fingerprint density at radius 1 is 1.00 bits per heavy atom. The summed E-state index contributed by atoms with van der Waals surface area (Å²) in [6, 6.07) is 19.1. The van der Waals surface area contributed by atoms with Gasteiger partial charge < -0.3 is 9.73 Å². The highest BCUT2D eigenvalue weighted by Gasteiger charge is 2.10. The number of amides is 1. The number of nitrogens with one attached hydrogen (secondary N) is 1. The molecule has 0 aliphatic carbocycles. The van der Waals surface area contributed by atoms with E-state index in [1.807, 2.05) is 18.2 Å². The number of rotatable bonds is 3. The molecule has 2 aromatic heterocycles. The van der Waals surface area contributed by atoms with Gasteiger partial charge in [-0.15, -0.1) is 0 Å². The van der Waals surface area contributed by atoms with Crippen LogP contribution in [0.4, 0.5) is 5.82 Å². The zero-order valence-electron chi connectivity index (χ0n) is 14.0. The number of aromatic nitrogens is 1. The van der Waals surface area contributed by atoms with Crippen LogP contribution in [0.15, 0.2) is 82.1 Å². The van der Waals surface area contributed by atoms with Crippen LogP contribution in [0.3, 0.4) is 0 Å². The van der Waals surface area contributed by atoms with Gasteiger partial charge in [0.15, 0.2) is 0 Å². The maximum absolute atomic E-state index is 12.3. The fraction of sp³-hybridized carbons (Fsp3) is 0. The number of pyridine rings is 1. The highest BCUT2D eigenvalue weighted by atomic mass is 35.5. The van der Waals surface area contributed by atoms with Crippen molar-refractivity contribution in [2.45, 2.75) is 0 Å². The van der Waals surface area contributed by atoms with Crippen LogP contribution in [0.5, 0.6) is 0 Å². The molecular weight excluding hydrogens is 364 g/mol. The molecule has 27 heavy (non-hydrogen) atoms. The number of anilines is 1. The van der Waals surface area contributed by atoms with Gasteiger partial charge in [0, 0.05) is 17.1 Å². The van der Waals surface area contributed by atoms with Gasteiger partial charge in [0.2, 0.25) is 0 Å². The van der Waals surface area contributed by atoms with E-state index in [0.717, 1.165) is 5.39 Å². The minimum Gasteiger partial charge on any atom is -0.422 e. The van der Waals surface area contributed by atoms with E-state index >= 15 is 0 Å². The van der Waals surface area contributed by atoms with Crippen molar-refractivity contribution >= 4 is 34.3 Å². The Morgan fingerprint density at radius 2 is 1.78 bits per heavy atom. The number of hydrogen-bond donors (Lipinski definition) is 1. The molecule has 5 nitrogen and oxygen atoms in total. The third kappa shape index (κ3) is 3.59. The number of benzene rings is 2. The van der Waals surface area contributed by atoms with Gasteiger partial charge in [-0.25, -0.2) is 9.78 Å². The molecule has 2 heterocycles. The summed E-state index contributed by atoms with van der Waals surface area (Å²) in [4.78, 5) is 28.6. The molecule has 6 heteroatoms. The number of para-hydroxylation sites is 1. The molecule has 0 saturated carbocycles. The van der Waals surface area contributed by atoms with E-state index in [1.165, 1.54) is 6.20 Å². The van der Waals surface area contributed by atoms with E-state index in [-0.39, 0.29) is 5.91 Å². The third-order valence-corrected chi connectivity index (χ3v) is 4.29. The van der Waals surface area contributed by atoms with Crippen LogP contribution in [-0.4, -0.2) is 10.9 Å². The first-order valence-electron chi connectivity index (χ1n) is 8.16. The predicted octanol–water partition coefficient (Wildman–Crippen LogP) is 4.76. The van der Waals surface area contributed by atoms with Crippen LogP contribution < -0.4 is 10.9 Å². The lowest BCUT2D eigenvalue weighted by Crippen LogP contribution is -2.12. The van der Waals surface area contributed by atoms with Gasteiger partial charge in [-0.2, -0.15) is 0 Å². The first-order chi connectivity index (χ1) is 13.1. The van der Waals surface area contributed by atoms with Gasteiger partial charge in [0.05, 0.1) is 10.6 Å². The van der Waals surface area contributed by atoms with Gasteiger partial charge in [-0.3, -0.25) is 4.79 Å². The van der Waals surface area contributed by atoms with E-state index in [1.54, 1.807) is 48.5 Å². The lowest BCUT2D eigenvalue weighted by molar-refractivity contribution is 0.102. The number of nitrogens with zero attached hydrogens (tertiary/aromatic N) is 1. The van der Waals surface area contributed by atoms with Crippen molar-refractivity contribution in [1.29, 1.82) is 0 Å². The van der Waals surface area contributed by atoms with E-state index in [4.69, 9.17) is 16.0 Å². The number of halogens is 1. The SMILES string of the molecule is O=C(Nc1ccc(Cl)cn1)c1ccc(-c2cc3ccccc3oc2=O)cc1. The molecular formula is C21H13ClN2O3. The Kier molecular flexibility index (Phi) is 4.44. The molecule has 0 saturated heterocycles. The molecule has 1 amide bonds. The fourth-order valence-electron chi connectivity index (χ4n) is 2.70. The molecule has 0 unspecified atom stereocenters. The van der Waals surface area contributed by atoms with Crippen molar-refractivity contribution in [2.75, 3.05) is 5.32 Å². The van der Waals surface area contributed by atoms with Gasteiger partial charge in [-0.1, -0.05) is 41.9 Å². The topological polar surface area (TPSA) is 72.2 Å². The standard InChI is InChI=1S/C21H13ClN2O3/c22-16-9-10-19(23-12-16)24-20(25)14-7-5-13(6-8-14)17-11-15-3-1-2-4-18(15)27-21(17)26/h1-12H,(H,23,24,25). The van der Waals surface area contributed by atoms with Crippen LogP contribution in [0.1, 0.15) is 10.4 Å². The quantitative estimate of drug-likeness (QED) is 0.523. The molecule has 0 aliphatic rings. The average molecular weight is 377 g/mol. The minimum absolute atomic E-state index is 0.304. The summed E-state index contributed by atoms with van der Waals surface area (Å²) in [6.07, 6.45) is 1.46. The summed E-state index contributed by atoms with van der Waals surface area (Å²) in [5, 5.41) is 4.02. The number of hydrogen-bond acceptors (Lipinski definition) is 4. The van der Waals surface area contributed by atoms with Crippen LogP contribution in [-0.2, 0) is 0 Å². The minimum atomic E-state index is -0.420. The molecule has 0 aliphatic heterocycles. The number of carbonyl (C=O) groups is 1. The molecule has 4 aromatic rings. The molecule has 0 bridgehead atoms. The molecule has 0 radical (unpaired) electrons. The zero-order valence-corrected chi connectivity index (χ0v) is 14.7. The van der Waals surface area contributed by atoms with Gasteiger partial charge in [0.25, 0.3) is 5.91 Å². The smallest absolute Gasteiger partial charge is 0.344 e. The van der Waals surface area contributed by atoms with Crippen LogP contribution in [0.2, 0.25) is 5.02 Å². The Morgan fingerprint density at radius 3 is 2.52 bits per heavy atom. The Bertz CT molecular complexity index is 1180. The molecule has 1 N–H and O–H groups in total. The van der Waals surface area contributed by atoms with Gasteiger partial charge in [0.1, 0.15) is 11.4 Å². The fourth-order valence-corrected chi connectivity index (χ4v) is 2.81. The Hall–Kier alpha value is -3.44. The largest absolute Gasteiger partial charge is 0.422 e. The molecule has 0 spiro atoms. The maximum atomic E-state index is 12.3. The number of carbonyl (C=O) groups excluding carboxylic acids is 1. The zero-order chi connectivity index (χ0) is 18.8. The van der Waals surface area contributed by atoms with Crippen molar-refractivity contribution in [1.82, 2.24) is 4.98 Å². The lowest BCUT2D eigenvalue weighted by Gasteiger charge is -2.06. The van der Waals surface area contributed by atoms with Crippen molar-refractivity contribution in [2.24, 2.45) is 0 Å². The summed E-state index contributed by atoms with van der Waals surface area (Å²) in [5.74, 6) is 0.102. The maximum Gasteiger partial charge on any atom is 0.344 e. The van der Waals surface area contributed by atoms with Crippen LogP contribution in [0.25, 0.3) is 22.1 Å². The van der Waals surface area contributed by atoms with Crippen molar-refractivity contribution in [3.63, 3.8) is 0 Å². The Balaban J connectivity index is 1.60. The van der Waals surface area contributed by atoms with Gasteiger partial charge in [-0.05, 0) is 42.0 Å². The van der Waals surface area contributed by atoms with Crippen molar-refractivity contribution < 1.29 is 9.21 Å².